The second kappa shape index (κ2) is 5.17. The molecule has 3 nitrogen and oxygen atoms in total. The Hall–Kier alpha value is -1.61. The Kier molecular flexibility index (Phi) is 3.76. The number of benzene rings is 1. The Morgan fingerprint density at radius 3 is 2.16 bits per heavy atom. The van der Waals surface area contributed by atoms with E-state index < -0.39 is 0 Å². The van der Waals surface area contributed by atoms with Crippen LogP contribution in [0.4, 0.5) is 0 Å². The molecule has 0 spiro atoms. The average molecular weight is 257 g/mol. The molecule has 0 fully saturated rings. The van der Waals surface area contributed by atoms with Crippen LogP contribution in [0.25, 0.3) is 5.69 Å². The summed E-state index contributed by atoms with van der Waals surface area (Å²) in [5, 5.41) is 7.94. The zero-order valence-corrected chi connectivity index (χ0v) is 12.8. The molecule has 102 valence electrons. The number of rotatable bonds is 3. The van der Waals surface area contributed by atoms with E-state index in [0.717, 1.165) is 12.2 Å². The summed E-state index contributed by atoms with van der Waals surface area (Å²) >= 11 is 0. The Morgan fingerprint density at radius 1 is 1.05 bits per heavy atom. The Labute approximate surface area is 115 Å². The first-order chi connectivity index (χ1) is 8.95. The molecule has 2 rings (SSSR count). The lowest BCUT2D eigenvalue weighted by molar-refractivity contribution is 0.798. The lowest BCUT2D eigenvalue weighted by atomic mass is 10.0. The second-order valence-corrected chi connectivity index (χ2v) is 5.34. The van der Waals surface area contributed by atoms with E-state index in [4.69, 9.17) is 5.10 Å². The molecule has 0 saturated heterocycles. The fourth-order valence-electron chi connectivity index (χ4n) is 2.83. The zero-order valence-electron chi connectivity index (χ0n) is 12.8. The minimum atomic E-state index is 0.863. The van der Waals surface area contributed by atoms with Crippen LogP contribution in [0.2, 0.25) is 0 Å². The molecule has 19 heavy (non-hydrogen) atoms. The van der Waals surface area contributed by atoms with Crippen molar-refractivity contribution >= 4 is 0 Å². The first-order valence-electron chi connectivity index (χ1n) is 6.73. The third kappa shape index (κ3) is 2.43. The molecule has 2 aromatic rings. The summed E-state index contributed by atoms with van der Waals surface area (Å²) in [6.07, 6.45) is 0. The van der Waals surface area contributed by atoms with Crippen molar-refractivity contribution in [3.63, 3.8) is 0 Å². The van der Waals surface area contributed by atoms with Crippen molar-refractivity contribution in [2.24, 2.45) is 0 Å². The highest BCUT2D eigenvalue weighted by Crippen LogP contribution is 2.24. The Bertz CT molecular complexity index is 586. The third-order valence-corrected chi connectivity index (χ3v) is 3.64. The average Bonchev–Trinajstić information content (AvgIpc) is 2.56. The smallest absolute Gasteiger partial charge is 0.0707 e. The van der Waals surface area contributed by atoms with Gasteiger partial charge in [-0.25, -0.2) is 4.68 Å². The monoisotopic (exact) mass is 257 g/mol. The molecule has 0 aliphatic carbocycles. The van der Waals surface area contributed by atoms with Gasteiger partial charge < -0.3 is 5.32 Å². The zero-order chi connectivity index (χ0) is 14.2. The van der Waals surface area contributed by atoms with Crippen molar-refractivity contribution in [1.82, 2.24) is 15.1 Å². The second-order valence-electron chi connectivity index (χ2n) is 5.34. The van der Waals surface area contributed by atoms with Gasteiger partial charge in [0.15, 0.2) is 0 Å². The SMILES string of the molecule is CNCc1c(C)nn(-c2c(C)cc(C)cc2C)c1C. The summed E-state index contributed by atoms with van der Waals surface area (Å²) in [5.41, 5.74) is 8.69. The van der Waals surface area contributed by atoms with Gasteiger partial charge in [-0.3, -0.25) is 0 Å². The molecule has 1 heterocycles. The van der Waals surface area contributed by atoms with Gasteiger partial charge in [-0.2, -0.15) is 5.10 Å². The molecular formula is C16H23N3. The van der Waals surface area contributed by atoms with E-state index >= 15 is 0 Å². The van der Waals surface area contributed by atoms with Crippen LogP contribution in [0.1, 0.15) is 33.6 Å². The molecule has 0 radical (unpaired) electrons. The van der Waals surface area contributed by atoms with Crippen molar-refractivity contribution in [1.29, 1.82) is 0 Å². The molecule has 0 saturated carbocycles. The predicted molar refractivity (Wildman–Crippen MR) is 80.0 cm³/mol. The lowest BCUT2D eigenvalue weighted by Crippen LogP contribution is -2.08. The summed E-state index contributed by atoms with van der Waals surface area (Å²) in [4.78, 5) is 0. The largest absolute Gasteiger partial charge is 0.316 e. The van der Waals surface area contributed by atoms with Crippen LogP contribution in [0.3, 0.4) is 0 Å². The maximum Gasteiger partial charge on any atom is 0.0707 e. The number of nitrogens with zero attached hydrogens (tertiary/aromatic N) is 2. The molecule has 0 aliphatic rings. The van der Waals surface area contributed by atoms with Gasteiger partial charge in [0.05, 0.1) is 11.4 Å². The molecule has 1 N–H and O–H groups in total. The van der Waals surface area contributed by atoms with Crippen LogP contribution in [-0.2, 0) is 6.54 Å². The number of hydrogen-bond donors (Lipinski definition) is 1. The Morgan fingerprint density at radius 2 is 1.63 bits per heavy atom. The molecule has 1 aromatic heterocycles. The van der Waals surface area contributed by atoms with E-state index in [2.05, 4.69) is 56.8 Å². The van der Waals surface area contributed by atoms with E-state index in [9.17, 15) is 0 Å². The molecule has 0 bridgehead atoms. The standard InChI is InChI=1S/C16H23N3/c1-10-7-11(2)16(12(3)8-10)19-14(5)15(9-17-6)13(4)18-19/h7-8,17H,9H2,1-6H3. The van der Waals surface area contributed by atoms with Crippen molar-refractivity contribution < 1.29 is 0 Å². The van der Waals surface area contributed by atoms with Crippen LogP contribution in [0.5, 0.6) is 0 Å². The van der Waals surface area contributed by atoms with Crippen molar-refractivity contribution in [3.8, 4) is 5.69 Å². The van der Waals surface area contributed by atoms with Crippen LogP contribution < -0.4 is 5.32 Å². The van der Waals surface area contributed by atoms with Crippen molar-refractivity contribution in [2.75, 3.05) is 7.05 Å². The molecule has 0 amide bonds. The fraction of sp³-hybridized carbons (Fsp3) is 0.438. The van der Waals surface area contributed by atoms with Crippen LogP contribution in [0.15, 0.2) is 12.1 Å². The first kappa shape index (κ1) is 13.8. The van der Waals surface area contributed by atoms with Gasteiger partial charge in [0.25, 0.3) is 0 Å². The minimum Gasteiger partial charge on any atom is -0.316 e. The third-order valence-electron chi connectivity index (χ3n) is 3.64. The predicted octanol–water partition coefficient (Wildman–Crippen LogP) is 3.13. The summed E-state index contributed by atoms with van der Waals surface area (Å²) < 4.78 is 2.09. The lowest BCUT2D eigenvalue weighted by Gasteiger charge is -2.13. The maximum atomic E-state index is 4.73. The summed E-state index contributed by atoms with van der Waals surface area (Å²) in [6, 6.07) is 4.44. The van der Waals surface area contributed by atoms with Crippen molar-refractivity contribution in [2.45, 2.75) is 41.2 Å². The molecule has 0 aliphatic heterocycles. The molecule has 1 aromatic carbocycles. The van der Waals surface area contributed by atoms with Gasteiger partial charge in [0.2, 0.25) is 0 Å². The minimum absolute atomic E-state index is 0.863. The number of aromatic nitrogens is 2. The van der Waals surface area contributed by atoms with Crippen LogP contribution >= 0.6 is 0 Å². The molecular weight excluding hydrogens is 234 g/mol. The van der Waals surface area contributed by atoms with Gasteiger partial charge in [0, 0.05) is 17.8 Å². The van der Waals surface area contributed by atoms with E-state index in [0.29, 0.717) is 0 Å². The van der Waals surface area contributed by atoms with E-state index in [1.54, 1.807) is 0 Å². The van der Waals surface area contributed by atoms with Gasteiger partial charge in [-0.1, -0.05) is 17.7 Å². The summed E-state index contributed by atoms with van der Waals surface area (Å²) in [7, 11) is 1.97. The highest BCUT2D eigenvalue weighted by atomic mass is 15.3. The van der Waals surface area contributed by atoms with Gasteiger partial charge in [-0.15, -0.1) is 0 Å². The molecule has 0 atom stereocenters. The topological polar surface area (TPSA) is 29.9 Å². The first-order valence-corrected chi connectivity index (χ1v) is 6.73. The number of aryl methyl sites for hydroxylation is 4. The number of hydrogen-bond acceptors (Lipinski definition) is 2. The number of nitrogens with one attached hydrogen (secondary N) is 1. The van der Waals surface area contributed by atoms with E-state index in [1.807, 2.05) is 7.05 Å². The summed E-state index contributed by atoms with van der Waals surface area (Å²) in [5.74, 6) is 0. The van der Waals surface area contributed by atoms with Crippen LogP contribution in [-0.4, -0.2) is 16.8 Å². The van der Waals surface area contributed by atoms with Crippen LogP contribution in [0, 0.1) is 34.6 Å². The fourth-order valence-corrected chi connectivity index (χ4v) is 2.83. The normalized spacial score (nSPS) is 11.1. The summed E-state index contributed by atoms with van der Waals surface area (Å²) in [6.45, 7) is 11.5. The molecule has 0 unspecified atom stereocenters. The van der Waals surface area contributed by atoms with E-state index in [-0.39, 0.29) is 0 Å². The Balaban J connectivity index is 2.63. The van der Waals surface area contributed by atoms with Gasteiger partial charge in [-0.05, 0) is 52.8 Å². The van der Waals surface area contributed by atoms with Crippen molar-refractivity contribution in [3.05, 3.63) is 45.8 Å². The maximum absolute atomic E-state index is 4.73. The quantitative estimate of drug-likeness (QED) is 0.915. The van der Waals surface area contributed by atoms with Gasteiger partial charge >= 0.3 is 0 Å². The molecule has 3 heteroatoms. The van der Waals surface area contributed by atoms with E-state index in [1.165, 1.54) is 33.6 Å². The highest BCUT2D eigenvalue weighted by molar-refractivity contribution is 5.50. The highest BCUT2D eigenvalue weighted by Gasteiger charge is 2.15. The van der Waals surface area contributed by atoms with Gasteiger partial charge in [0.1, 0.15) is 0 Å².